The molecule has 2 heteroatoms. The normalized spacial score (nSPS) is 15.4. The molecule has 0 amide bonds. The van der Waals surface area contributed by atoms with Crippen LogP contribution in [0.5, 0.6) is 5.75 Å². The van der Waals surface area contributed by atoms with Gasteiger partial charge in [0, 0.05) is 3.92 Å². The third-order valence-electron chi connectivity index (χ3n) is 3.09. The number of benzene rings is 1. The highest BCUT2D eigenvalue weighted by molar-refractivity contribution is 14.1. The fourth-order valence-electron chi connectivity index (χ4n) is 2.31. The van der Waals surface area contributed by atoms with Crippen molar-refractivity contribution in [1.29, 1.82) is 0 Å². The van der Waals surface area contributed by atoms with E-state index in [-0.39, 0.29) is 5.60 Å². The summed E-state index contributed by atoms with van der Waals surface area (Å²) in [5.41, 5.74) is 1.27. The summed E-state index contributed by atoms with van der Waals surface area (Å²) in [7, 11) is 0. The molecule has 1 nitrogen and oxygen atoms in total. The van der Waals surface area contributed by atoms with Crippen LogP contribution in [0.1, 0.15) is 59.4 Å². The first-order valence-electron chi connectivity index (χ1n) is 7.12. The molecule has 0 aliphatic rings. The highest BCUT2D eigenvalue weighted by atomic mass is 127. The molecular formula is C17H27IO. The lowest BCUT2D eigenvalue weighted by atomic mass is 9.85. The van der Waals surface area contributed by atoms with Crippen LogP contribution in [0.3, 0.4) is 0 Å². The zero-order valence-electron chi connectivity index (χ0n) is 13.0. The van der Waals surface area contributed by atoms with Gasteiger partial charge in [0.25, 0.3) is 0 Å². The number of hydrogen-bond acceptors (Lipinski definition) is 1. The second-order valence-electron chi connectivity index (χ2n) is 6.65. The Labute approximate surface area is 132 Å². The zero-order valence-corrected chi connectivity index (χ0v) is 15.2. The molecule has 0 radical (unpaired) electrons. The molecule has 0 bridgehead atoms. The SMILES string of the molecule is CC(I)CC(c1cccc(OC(C)(C)C)c1)C(C)C. The summed E-state index contributed by atoms with van der Waals surface area (Å²) < 4.78 is 6.67. The van der Waals surface area contributed by atoms with Crippen molar-refractivity contribution in [3.63, 3.8) is 0 Å². The summed E-state index contributed by atoms with van der Waals surface area (Å²) in [6.45, 7) is 13.2. The van der Waals surface area contributed by atoms with E-state index in [2.05, 4.69) is 88.4 Å². The van der Waals surface area contributed by atoms with Crippen LogP contribution in [0, 0.1) is 5.92 Å². The first-order valence-corrected chi connectivity index (χ1v) is 8.36. The Bertz CT molecular complexity index is 390. The van der Waals surface area contributed by atoms with E-state index in [0.29, 0.717) is 15.8 Å². The Kier molecular flexibility index (Phi) is 6.15. The van der Waals surface area contributed by atoms with E-state index in [0.717, 1.165) is 5.75 Å². The van der Waals surface area contributed by atoms with Crippen LogP contribution >= 0.6 is 22.6 Å². The lowest BCUT2D eigenvalue weighted by Crippen LogP contribution is -2.23. The quantitative estimate of drug-likeness (QED) is 0.466. The fourth-order valence-corrected chi connectivity index (χ4v) is 2.85. The largest absolute Gasteiger partial charge is 0.488 e. The predicted octanol–water partition coefficient (Wildman–Crippen LogP) is 5.82. The van der Waals surface area contributed by atoms with Crippen LogP contribution in [0.25, 0.3) is 0 Å². The number of rotatable bonds is 5. The molecule has 0 heterocycles. The summed E-state index contributed by atoms with van der Waals surface area (Å²) >= 11 is 2.52. The lowest BCUT2D eigenvalue weighted by molar-refractivity contribution is 0.130. The van der Waals surface area contributed by atoms with Crippen LogP contribution in [0.2, 0.25) is 0 Å². The Morgan fingerprint density at radius 3 is 2.26 bits per heavy atom. The maximum Gasteiger partial charge on any atom is 0.120 e. The van der Waals surface area contributed by atoms with Crippen molar-refractivity contribution in [3.05, 3.63) is 29.8 Å². The van der Waals surface area contributed by atoms with Crippen LogP contribution in [-0.4, -0.2) is 9.53 Å². The monoisotopic (exact) mass is 374 g/mol. The predicted molar refractivity (Wildman–Crippen MR) is 92.5 cm³/mol. The van der Waals surface area contributed by atoms with Crippen molar-refractivity contribution in [2.24, 2.45) is 5.92 Å². The van der Waals surface area contributed by atoms with Crippen LogP contribution in [0.15, 0.2) is 24.3 Å². The zero-order chi connectivity index (χ0) is 14.6. The highest BCUT2D eigenvalue weighted by Gasteiger charge is 2.19. The molecule has 108 valence electrons. The van der Waals surface area contributed by atoms with Gasteiger partial charge in [0.15, 0.2) is 0 Å². The molecule has 0 fully saturated rings. The number of hydrogen-bond donors (Lipinski definition) is 0. The van der Waals surface area contributed by atoms with E-state index in [1.165, 1.54) is 12.0 Å². The second kappa shape index (κ2) is 6.96. The van der Waals surface area contributed by atoms with Gasteiger partial charge in [-0.3, -0.25) is 0 Å². The molecule has 0 aromatic heterocycles. The van der Waals surface area contributed by atoms with E-state index in [9.17, 15) is 0 Å². The lowest BCUT2D eigenvalue weighted by Gasteiger charge is -2.25. The van der Waals surface area contributed by atoms with E-state index in [1.54, 1.807) is 0 Å². The van der Waals surface area contributed by atoms with Gasteiger partial charge in [-0.1, -0.05) is 55.5 Å². The molecule has 19 heavy (non-hydrogen) atoms. The molecule has 1 aromatic rings. The number of halogens is 1. The highest BCUT2D eigenvalue weighted by Crippen LogP contribution is 2.33. The topological polar surface area (TPSA) is 9.23 Å². The van der Waals surface area contributed by atoms with Gasteiger partial charge in [0.1, 0.15) is 11.4 Å². The summed E-state index contributed by atoms with van der Waals surface area (Å²) in [4.78, 5) is 0. The van der Waals surface area contributed by atoms with Crippen molar-refractivity contribution in [3.8, 4) is 5.75 Å². The third-order valence-corrected chi connectivity index (χ3v) is 3.60. The standard InChI is InChI=1S/C17H27IO/c1-12(2)16(10-13(3)18)14-8-7-9-15(11-14)19-17(4,5)6/h7-9,11-13,16H,10H2,1-6H3. The summed E-state index contributed by atoms with van der Waals surface area (Å²) in [6, 6.07) is 8.62. The van der Waals surface area contributed by atoms with Crippen molar-refractivity contribution in [2.45, 2.75) is 63.4 Å². The molecule has 0 N–H and O–H groups in total. The Balaban J connectivity index is 2.95. The van der Waals surface area contributed by atoms with Crippen LogP contribution < -0.4 is 4.74 Å². The summed E-state index contributed by atoms with van der Waals surface area (Å²) in [5, 5.41) is 0. The van der Waals surface area contributed by atoms with Gasteiger partial charge < -0.3 is 4.74 Å². The van der Waals surface area contributed by atoms with Gasteiger partial charge in [-0.05, 0) is 56.7 Å². The molecular weight excluding hydrogens is 347 g/mol. The smallest absolute Gasteiger partial charge is 0.120 e. The second-order valence-corrected chi connectivity index (χ2v) is 8.78. The molecule has 0 saturated heterocycles. The maximum absolute atomic E-state index is 5.98. The molecule has 1 rings (SSSR count). The molecule has 0 aliphatic carbocycles. The first kappa shape index (κ1) is 16.8. The average Bonchev–Trinajstić information content (AvgIpc) is 2.23. The minimum absolute atomic E-state index is 0.136. The number of ether oxygens (including phenoxy) is 1. The van der Waals surface area contributed by atoms with Crippen LogP contribution in [-0.2, 0) is 0 Å². The summed E-state index contributed by atoms with van der Waals surface area (Å²) in [6.07, 6.45) is 1.22. The van der Waals surface area contributed by atoms with Crippen molar-refractivity contribution in [1.82, 2.24) is 0 Å². The Morgan fingerprint density at radius 2 is 1.79 bits per heavy atom. The van der Waals surface area contributed by atoms with E-state index in [4.69, 9.17) is 4.74 Å². The molecule has 2 atom stereocenters. The van der Waals surface area contributed by atoms with Crippen LogP contribution in [0.4, 0.5) is 0 Å². The first-order chi connectivity index (χ1) is 8.69. The van der Waals surface area contributed by atoms with E-state index < -0.39 is 0 Å². The molecule has 0 saturated carbocycles. The van der Waals surface area contributed by atoms with Gasteiger partial charge in [0.05, 0.1) is 0 Å². The molecule has 1 aromatic carbocycles. The minimum atomic E-state index is -0.136. The Morgan fingerprint density at radius 1 is 1.16 bits per heavy atom. The average molecular weight is 374 g/mol. The summed E-state index contributed by atoms with van der Waals surface area (Å²) in [5.74, 6) is 2.24. The maximum atomic E-state index is 5.98. The third kappa shape index (κ3) is 6.15. The van der Waals surface area contributed by atoms with Gasteiger partial charge in [-0.2, -0.15) is 0 Å². The van der Waals surface area contributed by atoms with Gasteiger partial charge >= 0.3 is 0 Å². The van der Waals surface area contributed by atoms with Crippen molar-refractivity contribution < 1.29 is 4.74 Å². The molecule has 0 aliphatic heterocycles. The van der Waals surface area contributed by atoms with Gasteiger partial charge in [-0.15, -0.1) is 0 Å². The fraction of sp³-hybridized carbons (Fsp3) is 0.647. The van der Waals surface area contributed by atoms with Crippen molar-refractivity contribution in [2.75, 3.05) is 0 Å². The van der Waals surface area contributed by atoms with E-state index in [1.807, 2.05) is 0 Å². The molecule has 0 spiro atoms. The minimum Gasteiger partial charge on any atom is -0.488 e. The van der Waals surface area contributed by atoms with E-state index >= 15 is 0 Å². The van der Waals surface area contributed by atoms with Crippen molar-refractivity contribution >= 4 is 22.6 Å². The number of alkyl halides is 1. The molecule has 2 unspecified atom stereocenters. The van der Waals surface area contributed by atoms with Gasteiger partial charge in [0.2, 0.25) is 0 Å². The van der Waals surface area contributed by atoms with Gasteiger partial charge in [-0.25, -0.2) is 0 Å². The Hall–Kier alpha value is -0.250.